The van der Waals surface area contributed by atoms with Crippen LogP contribution in [0.4, 0.5) is 0 Å². The number of nitrogens with zero attached hydrogens (tertiary/aromatic N) is 2. The van der Waals surface area contributed by atoms with Crippen LogP contribution in [0.5, 0.6) is 17.2 Å². The van der Waals surface area contributed by atoms with Crippen molar-refractivity contribution in [3.63, 3.8) is 0 Å². The fraction of sp³-hybridized carbons (Fsp3) is 0.296. The van der Waals surface area contributed by atoms with Crippen LogP contribution in [0.3, 0.4) is 0 Å². The number of hydrogen-bond donors (Lipinski definition) is 0. The summed E-state index contributed by atoms with van der Waals surface area (Å²) >= 11 is 0. The third kappa shape index (κ3) is 5.41. The Morgan fingerprint density at radius 1 is 0.812 bits per heavy atom. The Labute approximate surface area is 189 Å². The van der Waals surface area contributed by atoms with Crippen molar-refractivity contribution >= 4 is 11.0 Å². The predicted molar refractivity (Wildman–Crippen MR) is 128 cm³/mol. The van der Waals surface area contributed by atoms with Gasteiger partial charge in [-0.05, 0) is 61.2 Å². The third-order valence-corrected chi connectivity index (χ3v) is 5.52. The average molecular weight is 431 g/mol. The Kier molecular flexibility index (Phi) is 7.28. The molecule has 1 aromatic heterocycles. The molecule has 0 bridgehead atoms. The van der Waals surface area contributed by atoms with Crippen molar-refractivity contribution in [2.24, 2.45) is 0 Å². The van der Waals surface area contributed by atoms with Crippen LogP contribution in [0, 0.1) is 0 Å². The molecule has 32 heavy (non-hydrogen) atoms. The van der Waals surface area contributed by atoms with Gasteiger partial charge in [-0.1, -0.05) is 37.3 Å². The summed E-state index contributed by atoms with van der Waals surface area (Å²) in [6.07, 6.45) is 2.96. The fourth-order valence-electron chi connectivity index (χ4n) is 3.71. The van der Waals surface area contributed by atoms with Gasteiger partial charge in [0.25, 0.3) is 0 Å². The zero-order valence-electron chi connectivity index (χ0n) is 18.8. The lowest BCUT2D eigenvalue weighted by Crippen LogP contribution is -2.09. The topological polar surface area (TPSA) is 45.5 Å². The van der Waals surface area contributed by atoms with Gasteiger partial charge in [-0.15, -0.1) is 0 Å². The number of para-hydroxylation sites is 2. The largest absolute Gasteiger partial charge is 0.497 e. The standard InChI is InChI=1S/C27H30N2O3/c1-3-21-13-15-22(16-14-21)32-20-27-28-25-11-4-5-12-26(25)29(27)17-6-7-18-31-24-10-8-9-23(19-24)30-2/h4-5,8-16,19H,3,6-7,17-18,20H2,1-2H3. The van der Waals surface area contributed by atoms with E-state index < -0.39 is 0 Å². The Bertz CT molecular complexity index is 1140. The number of aromatic nitrogens is 2. The smallest absolute Gasteiger partial charge is 0.147 e. The van der Waals surface area contributed by atoms with E-state index in [0.717, 1.165) is 59.9 Å². The lowest BCUT2D eigenvalue weighted by molar-refractivity contribution is 0.284. The van der Waals surface area contributed by atoms with Crippen LogP contribution in [0.25, 0.3) is 11.0 Å². The number of unbranched alkanes of at least 4 members (excludes halogenated alkanes) is 1. The van der Waals surface area contributed by atoms with Crippen LogP contribution >= 0.6 is 0 Å². The lowest BCUT2D eigenvalue weighted by Gasteiger charge is -2.11. The molecule has 0 amide bonds. The molecule has 0 saturated carbocycles. The number of fused-ring (bicyclic) bond motifs is 1. The van der Waals surface area contributed by atoms with Crippen LogP contribution in [0.2, 0.25) is 0 Å². The molecule has 0 unspecified atom stereocenters. The molecule has 0 atom stereocenters. The van der Waals surface area contributed by atoms with Gasteiger partial charge in [0.05, 0.1) is 24.8 Å². The van der Waals surface area contributed by atoms with Crippen molar-refractivity contribution in [2.75, 3.05) is 13.7 Å². The Morgan fingerprint density at radius 3 is 2.44 bits per heavy atom. The first-order chi connectivity index (χ1) is 15.8. The van der Waals surface area contributed by atoms with E-state index in [4.69, 9.17) is 19.2 Å². The zero-order chi connectivity index (χ0) is 22.2. The Balaban J connectivity index is 1.36. The monoisotopic (exact) mass is 430 g/mol. The van der Waals surface area contributed by atoms with Crippen LogP contribution in [0.15, 0.2) is 72.8 Å². The van der Waals surface area contributed by atoms with E-state index in [-0.39, 0.29) is 0 Å². The van der Waals surface area contributed by atoms with Crippen molar-refractivity contribution in [1.29, 1.82) is 0 Å². The number of rotatable bonds is 11. The van der Waals surface area contributed by atoms with Gasteiger partial charge in [0.15, 0.2) is 0 Å². The number of benzene rings is 3. The highest BCUT2D eigenvalue weighted by Crippen LogP contribution is 2.21. The predicted octanol–water partition coefficient (Wildman–Crippen LogP) is 6.05. The molecule has 3 aromatic carbocycles. The number of ether oxygens (including phenoxy) is 3. The summed E-state index contributed by atoms with van der Waals surface area (Å²) in [5.74, 6) is 3.45. The summed E-state index contributed by atoms with van der Waals surface area (Å²) in [6, 6.07) is 24.2. The van der Waals surface area contributed by atoms with Gasteiger partial charge in [0.1, 0.15) is 29.7 Å². The molecule has 166 valence electrons. The first-order valence-corrected chi connectivity index (χ1v) is 11.2. The Morgan fingerprint density at radius 2 is 1.62 bits per heavy atom. The highest BCUT2D eigenvalue weighted by molar-refractivity contribution is 5.75. The van der Waals surface area contributed by atoms with E-state index >= 15 is 0 Å². The summed E-state index contributed by atoms with van der Waals surface area (Å²) in [5, 5.41) is 0. The summed E-state index contributed by atoms with van der Waals surface area (Å²) in [7, 11) is 1.66. The molecule has 0 spiro atoms. The second-order valence-electron chi connectivity index (χ2n) is 7.69. The second-order valence-corrected chi connectivity index (χ2v) is 7.69. The van der Waals surface area contributed by atoms with Crippen molar-refractivity contribution in [1.82, 2.24) is 9.55 Å². The van der Waals surface area contributed by atoms with Crippen molar-refractivity contribution in [3.8, 4) is 17.2 Å². The highest BCUT2D eigenvalue weighted by Gasteiger charge is 2.11. The minimum atomic E-state index is 0.445. The van der Waals surface area contributed by atoms with Gasteiger partial charge in [-0.25, -0.2) is 4.98 Å². The van der Waals surface area contributed by atoms with Gasteiger partial charge in [0.2, 0.25) is 0 Å². The van der Waals surface area contributed by atoms with Crippen molar-refractivity contribution < 1.29 is 14.2 Å². The molecule has 0 aliphatic carbocycles. The van der Waals surface area contributed by atoms with Crippen molar-refractivity contribution in [3.05, 3.63) is 84.2 Å². The third-order valence-electron chi connectivity index (χ3n) is 5.52. The number of hydrogen-bond acceptors (Lipinski definition) is 4. The van der Waals surface area contributed by atoms with Crippen molar-refractivity contribution in [2.45, 2.75) is 39.3 Å². The maximum Gasteiger partial charge on any atom is 0.147 e. The van der Waals surface area contributed by atoms with E-state index in [1.54, 1.807) is 7.11 Å². The van der Waals surface area contributed by atoms with Crippen LogP contribution < -0.4 is 14.2 Å². The van der Waals surface area contributed by atoms with E-state index in [2.05, 4.69) is 41.8 Å². The first kappa shape index (κ1) is 21.8. The zero-order valence-corrected chi connectivity index (χ0v) is 18.8. The summed E-state index contributed by atoms with van der Waals surface area (Å²) in [4.78, 5) is 4.82. The number of aryl methyl sites for hydroxylation is 2. The Hall–Kier alpha value is -3.47. The molecular formula is C27H30N2O3. The first-order valence-electron chi connectivity index (χ1n) is 11.2. The summed E-state index contributed by atoms with van der Waals surface area (Å²) in [6.45, 7) is 4.13. The molecule has 0 radical (unpaired) electrons. The molecule has 0 saturated heterocycles. The van der Waals surface area contributed by atoms with Gasteiger partial charge >= 0.3 is 0 Å². The lowest BCUT2D eigenvalue weighted by atomic mass is 10.2. The van der Waals surface area contributed by atoms with Crippen LogP contribution in [0.1, 0.15) is 31.2 Å². The molecular weight excluding hydrogens is 400 g/mol. The molecule has 5 nitrogen and oxygen atoms in total. The van der Waals surface area contributed by atoms with E-state index in [1.165, 1.54) is 5.56 Å². The van der Waals surface area contributed by atoms with E-state index in [9.17, 15) is 0 Å². The molecule has 0 aliphatic rings. The highest BCUT2D eigenvalue weighted by atomic mass is 16.5. The maximum atomic E-state index is 6.05. The SMILES string of the molecule is CCc1ccc(OCc2nc3ccccc3n2CCCCOc2cccc(OC)c2)cc1. The molecule has 0 N–H and O–H groups in total. The fourth-order valence-corrected chi connectivity index (χ4v) is 3.71. The summed E-state index contributed by atoms with van der Waals surface area (Å²) in [5.41, 5.74) is 3.45. The quantitative estimate of drug-likeness (QED) is 0.272. The normalized spacial score (nSPS) is 10.9. The molecule has 1 heterocycles. The number of imidazole rings is 1. The molecule has 5 heteroatoms. The molecule has 4 rings (SSSR count). The van der Waals surface area contributed by atoms with Crippen LogP contribution in [-0.2, 0) is 19.6 Å². The maximum absolute atomic E-state index is 6.05. The number of methoxy groups -OCH3 is 1. The minimum absolute atomic E-state index is 0.445. The van der Waals surface area contributed by atoms with E-state index in [1.807, 2.05) is 42.5 Å². The van der Waals surface area contributed by atoms with Crippen LogP contribution in [-0.4, -0.2) is 23.3 Å². The van der Waals surface area contributed by atoms with Gasteiger partial charge in [0, 0.05) is 12.6 Å². The van der Waals surface area contributed by atoms with Gasteiger partial charge in [-0.2, -0.15) is 0 Å². The van der Waals surface area contributed by atoms with Gasteiger partial charge in [-0.3, -0.25) is 0 Å². The van der Waals surface area contributed by atoms with E-state index in [0.29, 0.717) is 13.2 Å². The average Bonchev–Trinajstić information content (AvgIpc) is 3.20. The summed E-state index contributed by atoms with van der Waals surface area (Å²) < 4.78 is 19.4. The second kappa shape index (κ2) is 10.7. The minimum Gasteiger partial charge on any atom is -0.497 e. The molecule has 4 aromatic rings. The molecule has 0 aliphatic heterocycles. The van der Waals surface area contributed by atoms with Gasteiger partial charge < -0.3 is 18.8 Å². The molecule has 0 fully saturated rings.